The third kappa shape index (κ3) is 1.37. The quantitative estimate of drug-likeness (QED) is 0.693. The van der Waals surface area contributed by atoms with E-state index in [0.717, 1.165) is 0 Å². The minimum Gasteiger partial charge on any atom is -0.351 e. The van der Waals surface area contributed by atoms with Crippen LogP contribution < -0.4 is 5.73 Å². The molecule has 2 amide bonds. The van der Waals surface area contributed by atoms with Crippen LogP contribution in [0.1, 0.15) is 6.29 Å². The second kappa shape index (κ2) is 3.33. The second-order valence-electron chi connectivity index (χ2n) is 2.74. The maximum atomic E-state index is 11.0. The van der Waals surface area contributed by atoms with Gasteiger partial charge in [-0.25, -0.2) is 14.8 Å². The van der Waals surface area contributed by atoms with E-state index in [-0.39, 0.29) is 0 Å². The average Bonchev–Trinajstić information content (AvgIpc) is 2.70. The summed E-state index contributed by atoms with van der Waals surface area (Å²) in [6, 6.07) is -0.545. The molecule has 1 aromatic heterocycles. The molecule has 0 aliphatic carbocycles. The van der Waals surface area contributed by atoms with Crippen LogP contribution in [0.3, 0.4) is 0 Å². The zero-order chi connectivity index (χ0) is 9.97. The number of hydrogen-bond acceptors (Lipinski definition) is 3. The summed E-state index contributed by atoms with van der Waals surface area (Å²) >= 11 is 0. The van der Waals surface area contributed by atoms with Crippen molar-refractivity contribution >= 4 is 12.2 Å². The van der Waals surface area contributed by atoms with Crippen molar-refractivity contribution in [2.45, 2.75) is 6.29 Å². The highest BCUT2D eigenvalue weighted by atomic mass is 16.2. The minimum absolute atomic E-state index is 0.458. The van der Waals surface area contributed by atoms with E-state index in [2.05, 4.69) is 9.98 Å². The number of carbonyl (C=O) groups excluding carboxylic acids is 1. The molecule has 14 heavy (non-hydrogen) atoms. The molecule has 0 bridgehead atoms. The molecule has 0 fully saturated rings. The van der Waals surface area contributed by atoms with Gasteiger partial charge in [-0.05, 0) is 6.08 Å². The Morgan fingerprint density at radius 1 is 1.50 bits per heavy atom. The van der Waals surface area contributed by atoms with Gasteiger partial charge in [-0.3, -0.25) is 9.47 Å². The van der Waals surface area contributed by atoms with Crippen molar-refractivity contribution in [1.82, 2.24) is 14.5 Å². The molecule has 0 aromatic carbocycles. The van der Waals surface area contributed by atoms with Crippen LogP contribution in [-0.2, 0) is 0 Å². The van der Waals surface area contributed by atoms with Crippen LogP contribution in [0.15, 0.2) is 36.0 Å². The van der Waals surface area contributed by atoms with Crippen LogP contribution in [0, 0.1) is 0 Å². The van der Waals surface area contributed by atoms with Gasteiger partial charge in [0, 0.05) is 24.8 Å². The molecule has 0 saturated heterocycles. The van der Waals surface area contributed by atoms with Crippen LogP contribution in [0.25, 0.3) is 0 Å². The first-order valence-corrected chi connectivity index (χ1v) is 4.04. The molecule has 1 aliphatic rings. The number of amides is 2. The Balaban J connectivity index is 2.29. The number of nitrogens with two attached hydrogens (primary N) is 1. The van der Waals surface area contributed by atoms with Crippen molar-refractivity contribution in [1.29, 1.82) is 0 Å². The zero-order valence-corrected chi connectivity index (χ0v) is 7.32. The molecule has 6 heteroatoms. The Morgan fingerprint density at radius 3 is 3.00 bits per heavy atom. The fraction of sp³-hybridized carbons (Fsp3) is 0.125. The molecule has 6 nitrogen and oxygen atoms in total. The first-order valence-electron chi connectivity index (χ1n) is 4.04. The van der Waals surface area contributed by atoms with Crippen molar-refractivity contribution in [3.8, 4) is 0 Å². The predicted molar refractivity (Wildman–Crippen MR) is 50.3 cm³/mol. The maximum Gasteiger partial charge on any atom is 0.322 e. The van der Waals surface area contributed by atoms with E-state index in [0.29, 0.717) is 0 Å². The summed E-state index contributed by atoms with van der Waals surface area (Å²) in [4.78, 5) is 20.4. The zero-order valence-electron chi connectivity index (χ0n) is 7.32. The number of aromatic nitrogens is 2. The summed E-state index contributed by atoms with van der Waals surface area (Å²) in [6.45, 7) is 0. The first kappa shape index (κ1) is 8.49. The summed E-state index contributed by atoms with van der Waals surface area (Å²) in [7, 11) is 0. The highest BCUT2D eigenvalue weighted by Crippen LogP contribution is 2.16. The Kier molecular flexibility index (Phi) is 2.02. The summed E-state index contributed by atoms with van der Waals surface area (Å²) in [5, 5.41) is 0. The van der Waals surface area contributed by atoms with Crippen LogP contribution >= 0.6 is 0 Å². The van der Waals surface area contributed by atoms with Crippen molar-refractivity contribution < 1.29 is 4.79 Å². The van der Waals surface area contributed by atoms with E-state index in [4.69, 9.17) is 5.73 Å². The van der Waals surface area contributed by atoms with Gasteiger partial charge >= 0.3 is 6.03 Å². The fourth-order valence-electron chi connectivity index (χ4n) is 1.22. The average molecular weight is 191 g/mol. The minimum atomic E-state index is -0.545. The van der Waals surface area contributed by atoms with Crippen molar-refractivity contribution in [2.24, 2.45) is 10.7 Å². The number of urea groups is 1. The number of hydrogen-bond donors (Lipinski definition) is 1. The summed E-state index contributed by atoms with van der Waals surface area (Å²) in [5.41, 5.74) is 5.19. The van der Waals surface area contributed by atoms with Gasteiger partial charge in [-0.1, -0.05) is 0 Å². The standard InChI is InChI=1S/C8H9N5O/c9-7(14)13-4-1-2-11-8(13)12-5-3-10-6-12/h1-6,8H,(H2,9,14). The van der Waals surface area contributed by atoms with Crippen LogP contribution in [0.4, 0.5) is 4.79 Å². The summed E-state index contributed by atoms with van der Waals surface area (Å²) in [5.74, 6) is 0. The lowest BCUT2D eigenvalue weighted by Gasteiger charge is -2.26. The molecule has 2 heterocycles. The van der Waals surface area contributed by atoms with Gasteiger partial charge < -0.3 is 5.73 Å². The molecule has 0 saturated carbocycles. The largest absolute Gasteiger partial charge is 0.351 e. The maximum absolute atomic E-state index is 11.0. The molecular weight excluding hydrogens is 182 g/mol. The first-order chi connectivity index (χ1) is 6.79. The number of nitrogens with zero attached hydrogens (tertiary/aromatic N) is 4. The number of imidazole rings is 1. The van der Waals surface area contributed by atoms with E-state index in [9.17, 15) is 4.79 Å². The highest BCUT2D eigenvalue weighted by molar-refractivity contribution is 5.78. The fourth-order valence-corrected chi connectivity index (χ4v) is 1.22. The topological polar surface area (TPSA) is 76.5 Å². The molecule has 2 N–H and O–H groups in total. The van der Waals surface area contributed by atoms with Crippen LogP contribution in [0.5, 0.6) is 0 Å². The Morgan fingerprint density at radius 2 is 2.36 bits per heavy atom. The van der Waals surface area contributed by atoms with Crippen molar-refractivity contribution in [3.05, 3.63) is 31.0 Å². The van der Waals surface area contributed by atoms with E-state index in [1.165, 1.54) is 4.90 Å². The SMILES string of the molecule is NC(=O)N1C=CC=NC1n1ccnc1. The van der Waals surface area contributed by atoms with Gasteiger partial charge in [-0.2, -0.15) is 0 Å². The molecule has 1 unspecified atom stereocenters. The highest BCUT2D eigenvalue weighted by Gasteiger charge is 2.20. The number of allylic oxidation sites excluding steroid dienone is 1. The Bertz CT molecular complexity index is 380. The van der Waals surface area contributed by atoms with Gasteiger partial charge in [0.1, 0.15) is 0 Å². The van der Waals surface area contributed by atoms with Crippen LogP contribution in [-0.4, -0.2) is 26.7 Å². The molecule has 1 aliphatic heterocycles. The second-order valence-corrected chi connectivity index (χ2v) is 2.74. The van der Waals surface area contributed by atoms with E-state index in [1.807, 2.05) is 0 Å². The molecule has 0 radical (unpaired) electrons. The number of primary amides is 1. The molecule has 2 rings (SSSR count). The summed E-state index contributed by atoms with van der Waals surface area (Å²) in [6.07, 6.45) is 9.31. The molecular formula is C8H9N5O. The van der Waals surface area contributed by atoms with Gasteiger partial charge in [0.25, 0.3) is 0 Å². The monoisotopic (exact) mass is 191 g/mol. The molecule has 72 valence electrons. The third-order valence-corrected chi connectivity index (χ3v) is 1.85. The van der Waals surface area contributed by atoms with E-state index < -0.39 is 12.3 Å². The van der Waals surface area contributed by atoms with Gasteiger partial charge in [0.05, 0.1) is 6.33 Å². The van der Waals surface area contributed by atoms with E-state index in [1.54, 1.807) is 41.8 Å². The van der Waals surface area contributed by atoms with Crippen LogP contribution in [0.2, 0.25) is 0 Å². The Hall–Kier alpha value is -2.11. The Labute approximate surface area is 80.4 Å². The lowest BCUT2D eigenvalue weighted by atomic mass is 10.5. The van der Waals surface area contributed by atoms with Gasteiger partial charge in [0.2, 0.25) is 6.29 Å². The molecule has 1 aromatic rings. The summed E-state index contributed by atoms with van der Waals surface area (Å²) < 4.78 is 1.69. The lowest BCUT2D eigenvalue weighted by molar-refractivity contribution is 0.190. The number of rotatable bonds is 1. The normalized spacial score (nSPS) is 20.0. The van der Waals surface area contributed by atoms with Crippen molar-refractivity contribution in [2.75, 3.05) is 0 Å². The number of aliphatic imine (C=N–C) groups is 1. The number of carbonyl (C=O) groups is 1. The third-order valence-electron chi connectivity index (χ3n) is 1.85. The smallest absolute Gasteiger partial charge is 0.322 e. The predicted octanol–water partition coefficient (Wildman–Crippen LogP) is 0.318. The van der Waals surface area contributed by atoms with Gasteiger partial charge in [-0.15, -0.1) is 0 Å². The molecule has 0 spiro atoms. The lowest BCUT2D eigenvalue weighted by Crippen LogP contribution is -2.37. The van der Waals surface area contributed by atoms with E-state index >= 15 is 0 Å². The van der Waals surface area contributed by atoms with Gasteiger partial charge in [0.15, 0.2) is 0 Å². The van der Waals surface area contributed by atoms with Crippen molar-refractivity contribution in [3.63, 3.8) is 0 Å². The molecule has 1 atom stereocenters.